The summed E-state index contributed by atoms with van der Waals surface area (Å²) in [6.45, 7) is 14.3. The molecule has 5 heterocycles. The number of carbonyl (C=O) groups is 3. The van der Waals surface area contributed by atoms with Crippen molar-refractivity contribution in [1.29, 1.82) is 0 Å². The molecule has 3 aliphatic heterocycles. The summed E-state index contributed by atoms with van der Waals surface area (Å²) in [5, 5.41) is 9.60. The molecule has 0 spiro atoms. The van der Waals surface area contributed by atoms with Crippen molar-refractivity contribution < 1.29 is 24.2 Å². The zero-order valence-corrected chi connectivity index (χ0v) is 26.0. The predicted molar refractivity (Wildman–Crippen MR) is 169 cm³/mol. The maximum absolute atomic E-state index is 14.1. The van der Waals surface area contributed by atoms with E-state index < -0.39 is 23.8 Å². The van der Waals surface area contributed by atoms with Crippen LogP contribution in [0.4, 0.5) is 0 Å². The third-order valence-electron chi connectivity index (χ3n) is 9.98. The summed E-state index contributed by atoms with van der Waals surface area (Å²) in [7, 11) is 1.28. The summed E-state index contributed by atoms with van der Waals surface area (Å²) in [5.41, 5.74) is 11.0. The Kier molecular flexibility index (Phi) is 7.30. The van der Waals surface area contributed by atoms with Crippen LogP contribution in [0, 0.1) is 6.92 Å². The molecular weight excluding hydrogens is 556 g/mol. The summed E-state index contributed by atoms with van der Waals surface area (Å²) >= 11 is 0. The number of aryl methyl sites for hydroxylation is 1. The third kappa shape index (κ3) is 4.40. The van der Waals surface area contributed by atoms with Gasteiger partial charge in [-0.1, -0.05) is 33.4 Å². The number of ketones is 1. The maximum atomic E-state index is 14.1. The Morgan fingerprint density at radius 2 is 1.82 bits per heavy atom. The van der Waals surface area contributed by atoms with Gasteiger partial charge in [0, 0.05) is 63.4 Å². The highest BCUT2D eigenvalue weighted by molar-refractivity contribution is 6.11. The van der Waals surface area contributed by atoms with E-state index in [4.69, 9.17) is 14.7 Å². The minimum Gasteiger partial charge on any atom is -0.481 e. The fourth-order valence-corrected chi connectivity index (χ4v) is 7.48. The van der Waals surface area contributed by atoms with Crippen LogP contribution >= 0.6 is 0 Å². The molecular formula is C35H38N4O5. The largest absolute Gasteiger partial charge is 0.481 e. The molecule has 4 aliphatic rings. The number of fused-ring (bicyclic) bond motifs is 8. The maximum Gasteiger partial charge on any atom is 0.320 e. The lowest BCUT2D eigenvalue weighted by molar-refractivity contribution is -0.145. The summed E-state index contributed by atoms with van der Waals surface area (Å²) < 4.78 is 5.16. The van der Waals surface area contributed by atoms with Crippen LogP contribution in [-0.2, 0) is 19.1 Å². The fraction of sp³-hybridized carbons (Fsp3) is 0.400. The predicted octanol–water partition coefficient (Wildman–Crippen LogP) is 6.81. The van der Waals surface area contributed by atoms with Crippen molar-refractivity contribution in [2.75, 3.05) is 7.11 Å². The van der Waals surface area contributed by atoms with E-state index in [2.05, 4.69) is 36.5 Å². The molecule has 9 nitrogen and oxygen atoms in total. The molecule has 0 amide bonds. The van der Waals surface area contributed by atoms with Gasteiger partial charge < -0.3 is 19.8 Å². The molecule has 5 atom stereocenters. The van der Waals surface area contributed by atoms with Crippen LogP contribution in [0.2, 0.25) is 0 Å². The highest BCUT2D eigenvalue weighted by Crippen LogP contribution is 2.53. The molecule has 8 bridgehead atoms. The highest BCUT2D eigenvalue weighted by Gasteiger charge is 2.52. The molecule has 2 aromatic rings. The van der Waals surface area contributed by atoms with E-state index in [0.717, 1.165) is 62.5 Å². The second kappa shape index (κ2) is 10.9. The lowest BCUT2D eigenvalue weighted by Gasteiger charge is -2.18. The van der Waals surface area contributed by atoms with Gasteiger partial charge in [-0.3, -0.25) is 19.4 Å². The number of ether oxygens (including phenoxy) is 1. The first-order valence-corrected chi connectivity index (χ1v) is 15.2. The van der Waals surface area contributed by atoms with Crippen molar-refractivity contribution in [1.82, 2.24) is 19.9 Å². The number of carboxylic acid groups (broad SMARTS) is 1. The monoisotopic (exact) mass is 594 g/mol. The van der Waals surface area contributed by atoms with Gasteiger partial charge >= 0.3 is 11.9 Å². The van der Waals surface area contributed by atoms with Gasteiger partial charge in [-0.2, -0.15) is 0 Å². The summed E-state index contributed by atoms with van der Waals surface area (Å²) in [4.78, 5) is 56.2. The Morgan fingerprint density at radius 3 is 2.48 bits per heavy atom. The first-order valence-electron chi connectivity index (χ1n) is 15.2. The van der Waals surface area contributed by atoms with Crippen LogP contribution in [0.25, 0.3) is 28.3 Å². The molecule has 0 saturated heterocycles. The number of hydrogen-bond acceptors (Lipinski definition) is 6. The van der Waals surface area contributed by atoms with Crippen LogP contribution in [0.15, 0.2) is 24.8 Å². The molecule has 2 aromatic heterocycles. The SMILES string of the molecule is C=Cc1c(C)c2cc3nc(c4c5[nH]c(cc6nc(cc1[nH]2)C(C)=C6CC)C(C)C5C(=O)[C@@H]4C(=O)OC)[C@@H](CCC(=O)O)[C@@H]3C. The normalized spacial score (nSPS) is 23.1. The van der Waals surface area contributed by atoms with E-state index in [1.165, 1.54) is 7.11 Å². The zero-order valence-electron chi connectivity index (χ0n) is 26.0. The number of esters is 1. The van der Waals surface area contributed by atoms with E-state index in [-0.39, 0.29) is 30.0 Å². The lowest BCUT2D eigenvalue weighted by atomic mass is 9.84. The Labute approximate surface area is 256 Å². The zero-order chi connectivity index (χ0) is 31.6. The number of allylic oxidation sites excluding steroid dienone is 2. The average Bonchev–Trinajstić information content (AvgIpc) is 3.72. The number of aromatic amines is 2. The number of Topliss-reactive ketones (excluding diaryl/α,β-unsaturated/α-hetero) is 1. The molecule has 228 valence electrons. The van der Waals surface area contributed by atoms with Gasteiger partial charge in [0.15, 0.2) is 5.78 Å². The molecule has 0 radical (unpaired) electrons. The van der Waals surface area contributed by atoms with Gasteiger partial charge in [-0.25, -0.2) is 4.98 Å². The summed E-state index contributed by atoms with van der Waals surface area (Å²) in [5.74, 6) is -4.19. The van der Waals surface area contributed by atoms with Gasteiger partial charge in [0.1, 0.15) is 5.92 Å². The van der Waals surface area contributed by atoms with Gasteiger partial charge in [-0.05, 0) is 61.6 Å². The van der Waals surface area contributed by atoms with Gasteiger partial charge in [0.25, 0.3) is 0 Å². The minimum absolute atomic E-state index is 0.0651. The van der Waals surface area contributed by atoms with Crippen molar-refractivity contribution in [2.24, 2.45) is 0 Å². The highest BCUT2D eigenvalue weighted by atomic mass is 16.5. The Hall–Kier alpha value is -4.53. The molecule has 0 saturated carbocycles. The second-order valence-electron chi connectivity index (χ2n) is 12.2. The molecule has 2 unspecified atom stereocenters. The van der Waals surface area contributed by atoms with Crippen LogP contribution in [-0.4, -0.2) is 49.9 Å². The number of aromatic nitrogens is 4. The molecule has 1 aliphatic carbocycles. The average molecular weight is 595 g/mol. The number of nitrogens with zero attached hydrogens (tertiary/aromatic N) is 2. The van der Waals surface area contributed by atoms with Crippen LogP contribution < -0.4 is 0 Å². The van der Waals surface area contributed by atoms with Crippen molar-refractivity contribution in [2.45, 2.75) is 83.5 Å². The van der Waals surface area contributed by atoms with E-state index >= 15 is 0 Å². The van der Waals surface area contributed by atoms with Crippen LogP contribution in [0.3, 0.4) is 0 Å². The second-order valence-corrected chi connectivity index (χ2v) is 12.2. The number of aliphatic carboxylic acids is 1. The van der Waals surface area contributed by atoms with Crippen LogP contribution in [0.1, 0.15) is 127 Å². The summed E-state index contributed by atoms with van der Waals surface area (Å²) in [6, 6.07) is 6.07. The van der Waals surface area contributed by atoms with E-state index in [1.807, 2.05) is 39.0 Å². The molecule has 44 heavy (non-hydrogen) atoms. The Balaban J connectivity index is 1.79. The molecule has 0 aromatic carbocycles. The topological polar surface area (TPSA) is 138 Å². The van der Waals surface area contributed by atoms with Gasteiger partial charge in [-0.15, -0.1) is 0 Å². The molecule has 0 fully saturated rings. The first kappa shape index (κ1) is 29.5. The Morgan fingerprint density at radius 1 is 1.07 bits per heavy atom. The lowest BCUT2D eigenvalue weighted by Crippen LogP contribution is -2.23. The first-order chi connectivity index (χ1) is 21.0. The van der Waals surface area contributed by atoms with Gasteiger partial charge in [0.2, 0.25) is 0 Å². The number of methoxy groups -OCH3 is 1. The number of H-pyrrole nitrogens is 2. The van der Waals surface area contributed by atoms with E-state index in [9.17, 15) is 19.5 Å². The van der Waals surface area contributed by atoms with Crippen molar-refractivity contribution in [3.05, 3.63) is 75.6 Å². The van der Waals surface area contributed by atoms with Crippen molar-refractivity contribution in [3.8, 4) is 0 Å². The quantitative estimate of drug-likeness (QED) is 0.247. The summed E-state index contributed by atoms with van der Waals surface area (Å²) in [6.07, 6.45) is 2.87. The number of carbonyl (C=O) groups excluding carboxylic acids is 2. The van der Waals surface area contributed by atoms with E-state index in [0.29, 0.717) is 23.4 Å². The third-order valence-corrected chi connectivity index (χ3v) is 9.98. The van der Waals surface area contributed by atoms with Crippen molar-refractivity contribution in [3.63, 3.8) is 0 Å². The fourth-order valence-electron chi connectivity index (χ4n) is 7.48. The number of nitrogens with one attached hydrogen (secondary N) is 2. The number of rotatable bonds is 6. The number of carboxylic acids is 1. The smallest absolute Gasteiger partial charge is 0.320 e. The molecule has 3 N–H and O–H groups in total. The van der Waals surface area contributed by atoms with Gasteiger partial charge in [0.05, 0.1) is 30.1 Å². The molecule has 9 heteroatoms. The minimum atomic E-state index is -1.13. The number of hydrogen-bond donors (Lipinski definition) is 3. The van der Waals surface area contributed by atoms with E-state index in [1.54, 1.807) is 0 Å². The van der Waals surface area contributed by atoms with Crippen molar-refractivity contribution >= 4 is 46.0 Å². The Bertz CT molecular complexity index is 1860. The molecule has 6 rings (SSSR count). The van der Waals surface area contributed by atoms with Crippen LogP contribution in [0.5, 0.6) is 0 Å². The standard InChI is InChI=1S/C35H38N4O5/c1-8-19-15(3)22-12-24-17(5)21(10-11-28(40)41)32(38-24)30-31(35(43)44-7)34(42)29-18(6)25(39-33(29)30)14-27-20(9-2)16(4)23(37-27)13-26(19)36-22/h8,12-14,17-18,21,29,31,36,39H,1,9-11H2,2-7H3,(H,40,41)/t17-,18?,21-,29?,31+/m0/s1.